The lowest BCUT2D eigenvalue weighted by Gasteiger charge is -2.13. The Bertz CT molecular complexity index is 1300. The number of thiophene rings is 1. The number of carbonyl (C=O) groups is 1. The van der Waals surface area contributed by atoms with Gasteiger partial charge in [0.2, 0.25) is 5.91 Å². The van der Waals surface area contributed by atoms with Gasteiger partial charge >= 0.3 is 0 Å². The zero-order valence-electron chi connectivity index (χ0n) is 16.4. The van der Waals surface area contributed by atoms with Crippen molar-refractivity contribution < 1.29 is 4.79 Å². The number of nitrogens with one attached hydrogen (secondary N) is 1. The predicted octanol–water partition coefficient (Wildman–Crippen LogP) is 4.32. The Labute approximate surface area is 186 Å². The summed E-state index contributed by atoms with van der Waals surface area (Å²) in [6, 6.07) is 11.2. The summed E-state index contributed by atoms with van der Waals surface area (Å²) >= 11 is 8.91. The third-order valence-corrected chi connectivity index (χ3v) is 6.82. The normalized spacial score (nSPS) is 11.5. The molecule has 0 aliphatic carbocycles. The fourth-order valence-electron chi connectivity index (χ4n) is 3.08. The highest BCUT2D eigenvalue weighted by Gasteiger charge is 2.18. The molecule has 1 amide bonds. The molecule has 0 saturated heterocycles. The highest BCUT2D eigenvalue weighted by atomic mass is 35.5. The van der Waals surface area contributed by atoms with E-state index in [1.807, 2.05) is 44.2 Å². The van der Waals surface area contributed by atoms with E-state index in [0.29, 0.717) is 20.4 Å². The number of aromatic nitrogens is 3. The molecule has 4 rings (SSSR count). The van der Waals surface area contributed by atoms with Crippen molar-refractivity contribution in [2.24, 2.45) is 0 Å². The van der Waals surface area contributed by atoms with Crippen LogP contribution >= 0.6 is 34.7 Å². The third kappa shape index (κ3) is 4.21. The quantitative estimate of drug-likeness (QED) is 0.344. The first kappa shape index (κ1) is 20.8. The van der Waals surface area contributed by atoms with E-state index in [0.717, 1.165) is 15.8 Å². The van der Waals surface area contributed by atoms with Crippen molar-refractivity contribution in [3.63, 3.8) is 0 Å². The number of fused-ring (bicyclic) bond motifs is 3. The van der Waals surface area contributed by atoms with Gasteiger partial charge in [0.15, 0.2) is 5.16 Å². The average Bonchev–Trinajstić information content (AvgIpc) is 3.08. The van der Waals surface area contributed by atoms with E-state index in [2.05, 4.69) is 10.3 Å². The standard InChI is InChI=1S/C21H19ClN4O2S2/c1-12(2)24-16(27)11-29-21-25-17-14-7-5-9-23-19(14)30-18(17)20(28)26(21)10-13-6-3-4-8-15(13)22/h3-9,12H,10-11H2,1-2H3,(H,24,27). The van der Waals surface area contributed by atoms with E-state index in [-0.39, 0.29) is 29.8 Å². The van der Waals surface area contributed by atoms with Crippen LogP contribution in [0.4, 0.5) is 0 Å². The molecular formula is C21H19ClN4O2S2. The lowest BCUT2D eigenvalue weighted by molar-refractivity contribution is -0.119. The fraction of sp³-hybridized carbons (Fsp3) is 0.238. The SMILES string of the molecule is CC(C)NC(=O)CSc1nc2c(sc3ncccc32)c(=O)n1Cc1ccccc1Cl. The van der Waals surface area contributed by atoms with Gasteiger partial charge in [0, 0.05) is 22.6 Å². The van der Waals surface area contributed by atoms with Crippen molar-refractivity contribution in [1.29, 1.82) is 0 Å². The molecule has 0 unspecified atom stereocenters. The molecule has 0 fully saturated rings. The number of thioether (sulfide) groups is 1. The topological polar surface area (TPSA) is 76.9 Å². The zero-order chi connectivity index (χ0) is 21.3. The van der Waals surface area contributed by atoms with Gasteiger partial charge in [-0.3, -0.25) is 14.2 Å². The molecule has 1 aromatic carbocycles. The molecule has 3 heterocycles. The summed E-state index contributed by atoms with van der Waals surface area (Å²) in [6.45, 7) is 4.09. The van der Waals surface area contributed by atoms with Crippen LogP contribution in [-0.4, -0.2) is 32.2 Å². The third-order valence-electron chi connectivity index (χ3n) is 4.39. The van der Waals surface area contributed by atoms with Gasteiger partial charge in [-0.25, -0.2) is 9.97 Å². The van der Waals surface area contributed by atoms with Crippen LogP contribution in [0.1, 0.15) is 19.4 Å². The Hall–Kier alpha value is -2.42. The maximum Gasteiger partial charge on any atom is 0.272 e. The van der Waals surface area contributed by atoms with Crippen molar-refractivity contribution in [2.75, 3.05) is 5.75 Å². The van der Waals surface area contributed by atoms with Gasteiger partial charge in [0.1, 0.15) is 9.53 Å². The smallest absolute Gasteiger partial charge is 0.272 e. The molecule has 154 valence electrons. The molecule has 0 bridgehead atoms. The van der Waals surface area contributed by atoms with Crippen molar-refractivity contribution in [2.45, 2.75) is 31.6 Å². The molecule has 0 saturated carbocycles. The van der Waals surface area contributed by atoms with Crippen LogP contribution in [0.2, 0.25) is 5.02 Å². The maximum atomic E-state index is 13.4. The Morgan fingerprint density at radius 2 is 2.07 bits per heavy atom. The van der Waals surface area contributed by atoms with E-state index in [1.54, 1.807) is 16.8 Å². The number of hydrogen-bond acceptors (Lipinski definition) is 6. The van der Waals surface area contributed by atoms with Gasteiger partial charge in [-0.05, 0) is 37.6 Å². The van der Waals surface area contributed by atoms with Crippen LogP contribution in [0, 0.1) is 0 Å². The summed E-state index contributed by atoms with van der Waals surface area (Å²) in [4.78, 5) is 35.5. The number of amides is 1. The fourth-order valence-corrected chi connectivity index (χ4v) is 5.11. The minimum atomic E-state index is -0.158. The van der Waals surface area contributed by atoms with Gasteiger partial charge in [0.25, 0.3) is 5.56 Å². The Kier molecular flexibility index (Phi) is 6.08. The van der Waals surface area contributed by atoms with Gasteiger partial charge in [-0.15, -0.1) is 11.3 Å². The molecule has 0 aliphatic heterocycles. The first-order valence-electron chi connectivity index (χ1n) is 9.37. The minimum absolute atomic E-state index is 0.0470. The summed E-state index contributed by atoms with van der Waals surface area (Å²) in [5.41, 5.74) is 1.28. The summed E-state index contributed by atoms with van der Waals surface area (Å²) in [5, 5.41) is 4.77. The van der Waals surface area contributed by atoms with Crippen LogP contribution in [-0.2, 0) is 11.3 Å². The monoisotopic (exact) mass is 458 g/mol. The lowest BCUT2D eigenvalue weighted by Crippen LogP contribution is -2.32. The number of halogens is 1. The molecule has 0 radical (unpaired) electrons. The van der Waals surface area contributed by atoms with Crippen LogP contribution in [0.25, 0.3) is 20.4 Å². The molecule has 0 spiro atoms. The van der Waals surface area contributed by atoms with E-state index in [9.17, 15) is 9.59 Å². The van der Waals surface area contributed by atoms with Crippen molar-refractivity contribution in [1.82, 2.24) is 19.9 Å². The molecule has 3 aromatic heterocycles. The van der Waals surface area contributed by atoms with Gasteiger partial charge < -0.3 is 5.32 Å². The second-order valence-corrected chi connectivity index (χ2v) is 9.37. The molecule has 9 heteroatoms. The minimum Gasteiger partial charge on any atom is -0.353 e. The Morgan fingerprint density at radius 1 is 1.27 bits per heavy atom. The van der Waals surface area contributed by atoms with E-state index in [4.69, 9.17) is 16.6 Å². The Balaban J connectivity index is 1.82. The molecule has 0 atom stereocenters. The molecular weight excluding hydrogens is 440 g/mol. The lowest BCUT2D eigenvalue weighted by atomic mass is 10.2. The summed E-state index contributed by atoms with van der Waals surface area (Å²) in [5.74, 6) is 0.0596. The molecule has 6 nitrogen and oxygen atoms in total. The van der Waals surface area contributed by atoms with E-state index >= 15 is 0 Å². The largest absolute Gasteiger partial charge is 0.353 e. The van der Waals surface area contributed by atoms with Gasteiger partial charge in [-0.1, -0.05) is 41.6 Å². The van der Waals surface area contributed by atoms with Crippen LogP contribution in [0.5, 0.6) is 0 Å². The van der Waals surface area contributed by atoms with Crippen LogP contribution in [0.15, 0.2) is 52.5 Å². The maximum absolute atomic E-state index is 13.4. The van der Waals surface area contributed by atoms with Crippen molar-refractivity contribution in [3.05, 3.63) is 63.5 Å². The molecule has 30 heavy (non-hydrogen) atoms. The highest BCUT2D eigenvalue weighted by molar-refractivity contribution is 7.99. The van der Waals surface area contributed by atoms with Crippen LogP contribution in [0.3, 0.4) is 0 Å². The first-order valence-corrected chi connectivity index (χ1v) is 11.6. The number of benzene rings is 1. The van der Waals surface area contributed by atoms with E-state index in [1.165, 1.54) is 23.1 Å². The first-order chi connectivity index (χ1) is 14.4. The summed E-state index contributed by atoms with van der Waals surface area (Å²) in [7, 11) is 0. The summed E-state index contributed by atoms with van der Waals surface area (Å²) < 4.78 is 2.14. The number of rotatable bonds is 6. The van der Waals surface area contributed by atoms with Gasteiger partial charge in [-0.2, -0.15) is 0 Å². The van der Waals surface area contributed by atoms with Crippen molar-refractivity contribution >= 4 is 61.0 Å². The second-order valence-electron chi connectivity index (χ2n) is 7.02. The van der Waals surface area contributed by atoms with Crippen LogP contribution < -0.4 is 10.9 Å². The Morgan fingerprint density at radius 3 is 2.83 bits per heavy atom. The molecule has 0 aliphatic rings. The highest BCUT2D eigenvalue weighted by Crippen LogP contribution is 2.31. The van der Waals surface area contributed by atoms with Crippen molar-refractivity contribution in [3.8, 4) is 0 Å². The number of hydrogen-bond donors (Lipinski definition) is 1. The molecule has 1 N–H and O–H groups in total. The average molecular weight is 459 g/mol. The predicted molar refractivity (Wildman–Crippen MR) is 124 cm³/mol. The summed E-state index contributed by atoms with van der Waals surface area (Å²) in [6.07, 6.45) is 1.70. The number of nitrogens with zero attached hydrogens (tertiary/aromatic N) is 3. The zero-order valence-corrected chi connectivity index (χ0v) is 18.8. The number of carbonyl (C=O) groups excluding carboxylic acids is 1. The second kappa shape index (κ2) is 8.75. The molecule has 4 aromatic rings. The number of pyridine rings is 1. The van der Waals surface area contributed by atoms with Gasteiger partial charge in [0.05, 0.1) is 17.8 Å². The van der Waals surface area contributed by atoms with E-state index < -0.39 is 0 Å².